The molecule has 0 fully saturated rings. The first-order valence-electron chi connectivity index (χ1n) is 6.31. The summed E-state index contributed by atoms with van der Waals surface area (Å²) in [5.74, 6) is 0.536. The Hall–Kier alpha value is -2.27. The van der Waals surface area contributed by atoms with Gasteiger partial charge in [-0.05, 0) is 30.3 Å². The molecule has 21 heavy (non-hydrogen) atoms. The number of halogens is 1. The van der Waals surface area contributed by atoms with Crippen molar-refractivity contribution in [3.63, 3.8) is 0 Å². The maximum absolute atomic E-state index is 12.3. The Morgan fingerprint density at radius 2 is 2.00 bits per heavy atom. The molecule has 0 aliphatic heterocycles. The van der Waals surface area contributed by atoms with Gasteiger partial charge in [0.2, 0.25) is 0 Å². The number of fused-ring (bicyclic) bond motifs is 1. The summed E-state index contributed by atoms with van der Waals surface area (Å²) in [6.45, 7) is 0. The van der Waals surface area contributed by atoms with Crippen molar-refractivity contribution in [2.45, 2.75) is 0 Å². The number of ether oxygens (including phenoxy) is 1. The molecule has 0 atom stereocenters. The van der Waals surface area contributed by atoms with E-state index in [4.69, 9.17) is 9.15 Å². The van der Waals surface area contributed by atoms with E-state index in [1.54, 1.807) is 25.3 Å². The van der Waals surface area contributed by atoms with Crippen LogP contribution in [0.4, 0.5) is 5.69 Å². The molecule has 0 saturated heterocycles. The van der Waals surface area contributed by atoms with E-state index >= 15 is 0 Å². The van der Waals surface area contributed by atoms with Crippen molar-refractivity contribution in [1.82, 2.24) is 0 Å². The van der Waals surface area contributed by atoms with E-state index in [9.17, 15) is 4.79 Å². The molecule has 0 bridgehead atoms. The summed E-state index contributed by atoms with van der Waals surface area (Å²) in [5.41, 5.74) is 1.26. The van der Waals surface area contributed by atoms with Crippen LogP contribution in [0.5, 0.6) is 5.75 Å². The number of methoxy groups -OCH3 is 1. The van der Waals surface area contributed by atoms with Crippen molar-refractivity contribution in [3.8, 4) is 5.75 Å². The Kier molecular flexibility index (Phi) is 3.66. The minimum atomic E-state index is -0.317. The Morgan fingerprint density at radius 3 is 2.76 bits per heavy atom. The van der Waals surface area contributed by atoms with Crippen LogP contribution < -0.4 is 10.1 Å². The highest BCUT2D eigenvalue weighted by Gasteiger charge is 2.15. The largest absolute Gasteiger partial charge is 0.495 e. The molecule has 5 heteroatoms. The molecule has 2 aromatic carbocycles. The minimum absolute atomic E-state index is 0.253. The van der Waals surface area contributed by atoms with Gasteiger partial charge in [-0.2, -0.15) is 0 Å². The van der Waals surface area contributed by atoms with Crippen molar-refractivity contribution < 1.29 is 13.9 Å². The molecule has 0 aliphatic carbocycles. The second-order valence-corrected chi connectivity index (χ2v) is 5.27. The summed E-state index contributed by atoms with van der Waals surface area (Å²) in [5, 5.41) is 3.65. The standard InChI is InChI=1S/C16H12BrNO3/c1-20-14-7-3-2-6-12(14)18-16(19)15-9-10-11(17)5-4-8-13(10)21-15/h2-9H,1H3,(H,18,19). The molecule has 1 aromatic heterocycles. The third-order valence-electron chi connectivity index (χ3n) is 3.09. The van der Waals surface area contributed by atoms with E-state index in [0.29, 0.717) is 17.0 Å². The lowest BCUT2D eigenvalue weighted by atomic mass is 10.2. The Balaban J connectivity index is 1.92. The van der Waals surface area contributed by atoms with Crippen LogP contribution in [-0.2, 0) is 0 Å². The number of furan rings is 1. The van der Waals surface area contributed by atoms with Crippen LogP contribution in [0, 0.1) is 0 Å². The summed E-state index contributed by atoms with van der Waals surface area (Å²) in [6.07, 6.45) is 0. The van der Waals surface area contributed by atoms with Gasteiger partial charge in [-0.25, -0.2) is 0 Å². The molecule has 0 spiro atoms. The monoisotopic (exact) mass is 345 g/mol. The first-order chi connectivity index (χ1) is 10.2. The number of nitrogens with one attached hydrogen (secondary N) is 1. The maximum atomic E-state index is 12.3. The van der Waals surface area contributed by atoms with Crippen molar-refractivity contribution in [2.24, 2.45) is 0 Å². The van der Waals surface area contributed by atoms with E-state index in [1.165, 1.54) is 0 Å². The first-order valence-corrected chi connectivity index (χ1v) is 7.11. The van der Waals surface area contributed by atoms with Gasteiger partial charge in [0, 0.05) is 9.86 Å². The number of carbonyl (C=O) groups excluding carboxylic acids is 1. The predicted octanol–water partition coefficient (Wildman–Crippen LogP) is 4.46. The first kappa shape index (κ1) is 13.7. The molecule has 0 aliphatic rings. The van der Waals surface area contributed by atoms with Gasteiger partial charge in [0.25, 0.3) is 5.91 Å². The van der Waals surface area contributed by atoms with Gasteiger partial charge < -0.3 is 14.5 Å². The number of para-hydroxylation sites is 2. The number of amides is 1. The lowest BCUT2D eigenvalue weighted by Gasteiger charge is -2.08. The van der Waals surface area contributed by atoms with Crippen LogP contribution in [0.2, 0.25) is 0 Å². The fourth-order valence-electron chi connectivity index (χ4n) is 2.07. The van der Waals surface area contributed by atoms with E-state index in [1.807, 2.05) is 30.3 Å². The molecule has 3 rings (SSSR count). The average molecular weight is 346 g/mol. The van der Waals surface area contributed by atoms with E-state index in [2.05, 4.69) is 21.2 Å². The molecule has 1 amide bonds. The Morgan fingerprint density at radius 1 is 1.19 bits per heavy atom. The second kappa shape index (κ2) is 5.61. The molecule has 0 radical (unpaired) electrons. The minimum Gasteiger partial charge on any atom is -0.495 e. The highest BCUT2D eigenvalue weighted by Crippen LogP contribution is 2.28. The zero-order chi connectivity index (χ0) is 14.8. The molecule has 4 nitrogen and oxygen atoms in total. The van der Waals surface area contributed by atoms with Crippen LogP contribution in [0.1, 0.15) is 10.6 Å². The lowest BCUT2D eigenvalue weighted by Crippen LogP contribution is -2.11. The van der Waals surface area contributed by atoms with Crippen molar-refractivity contribution in [1.29, 1.82) is 0 Å². The number of rotatable bonds is 3. The van der Waals surface area contributed by atoms with Crippen LogP contribution in [0.3, 0.4) is 0 Å². The zero-order valence-corrected chi connectivity index (χ0v) is 12.8. The molecule has 0 saturated carbocycles. The Labute approximate surface area is 129 Å². The normalized spacial score (nSPS) is 10.6. The molecule has 1 heterocycles. The van der Waals surface area contributed by atoms with Gasteiger partial charge in [0.05, 0.1) is 12.8 Å². The van der Waals surface area contributed by atoms with Gasteiger partial charge in [0.15, 0.2) is 5.76 Å². The van der Waals surface area contributed by atoms with E-state index in [-0.39, 0.29) is 11.7 Å². The average Bonchev–Trinajstić information content (AvgIpc) is 2.93. The summed E-state index contributed by atoms with van der Waals surface area (Å²) < 4.78 is 11.7. The fourth-order valence-corrected chi connectivity index (χ4v) is 2.53. The molecule has 0 unspecified atom stereocenters. The number of hydrogen-bond donors (Lipinski definition) is 1. The summed E-state index contributed by atoms with van der Waals surface area (Å²) in [6, 6.07) is 14.5. The molecule has 106 valence electrons. The molecular weight excluding hydrogens is 334 g/mol. The summed E-state index contributed by atoms with van der Waals surface area (Å²) in [7, 11) is 1.56. The van der Waals surface area contributed by atoms with Gasteiger partial charge in [-0.1, -0.05) is 34.1 Å². The van der Waals surface area contributed by atoms with Gasteiger partial charge in [-0.15, -0.1) is 0 Å². The Bertz CT molecular complexity index is 810. The SMILES string of the molecule is COc1ccccc1NC(=O)c1cc2c(Br)cccc2o1. The predicted molar refractivity (Wildman–Crippen MR) is 84.9 cm³/mol. The van der Waals surface area contributed by atoms with Gasteiger partial charge in [0.1, 0.15) is 11.3 Å². The highest BCUT2D eigenvalue weighted by molar-refractivity contribution is 9.10. The summed E-state index contributed by atoms with van der Waals surface area (Å²) >= 11 is 3.44. The summed E-state index contributed by atoms with van der Waals surface area (Å²) in [4.78, 5) is 12.3. The zero-order valence-electron chi connectivity index (χ0n) is 11.2. The van der Waals surface area contributed by atoms with Crippen LogP contribution >= 0.6 is 15.9 Å². The number of benzene rings is 2. The van der Waals surface area contributed by atoms with Crippen LogP contribution in [0.25, 0.3) is 11.0 Å². The topological polar surface area (TPSA) is 51.5 Å². The lowest BCUT2D eigenvalue weighted by molar-refractivity contribution is 0.0998. The van der Waals surface area contributed by atoms with Gasteiger partial charge >= 0.3 is 0 Å². The maximum Gasteiger partial charge on any atom is 0.291 e. The van der Waals surface area contributed by atoms with Gasteiger partial charge in [-0.3, -0.25) is 4.79 Å². The van der Waals surface area contributed by atoms with Crippen molar-refractivity contribution >= 4 is 38.5 Å². The second-order valence-electron chi connectivity index (χ2n) is 4.42. The number of carbonyl (C=O) groups is 1. The third-order valence-corrected chi connectivity index (χ3v) is 3.78. The van der Waals surface area contributed by atoms with Crippen LogP contribution in [0.15, 0.2) is 57.4 Å². The fraction of sp³-hybridized carbons (Fsp3) is 0.0625. The van der Waals surface area contributed by atoms with E-state index < -0.39 is 0 Å². The van der Waals surface area contributed by atoms with Crippen molar-refractivity contribution in [2.75, 3.05) is 12.4 Å². The van der Waals surface area contributed by atoms with Crippen molar-refractivity contribution in [3.05, 3.63) is 58.8 Å². The quantitative estimate of drug-likeness (QED) is 0.762. The highest BCUT2D eigenvalue weighted by atomic mass is 79.9. The molecular formula is C16H12BrNO3. The number of hydrogen-bond acceptors (Lipinski definition) is 3. The number of anilines is 1. The smallest absolute Gasteiger partial charge is 0.291 e. The third kappa shape index (κ3) is 2.64. The molecule has 3 aromatic rings. The van der Waals surface area contributed by atoms with E-state index in [0.717, 1.165) is 9.86 Å². The molecule has 1 N–H and O–H groups in total. The van der Waals surface area contributed by atoms with Crippen LogP contribution in [-0.4, -0.2) is 13.0 Å².